The van der Waals surface area contributed by atoms with E-state index in [1.54, 1.807) is 14.2 Å². The Morgan fingerprint density at radius 2 is 1.78 bits per heavy atom. The van der Waals surface area contributed by atoms with Gasteiger partial charge in [-0.2, -0.15) is 0 Å². The minimum Gasteiger partial charge on any atom is -0.493 e. The van der Waals surface area contributed by atoms with Gasteiger partial charge in [0, 0.05) is 17.1 Å². The highest BCUT2D eigenvalue weighted by molar-refractivity contribution is 9.10. The van der Waals surface area contributed by atoms with Crippen molar-refractivity contribution in [1.82, 2.24) is 5.32 Å². The largest absolute Gasteiger partial charge is 0.493 e. The number of halogens is 1. The number of hydrogen-bond acceptors (Lipinski definition) is 3. The molecule has 0 spiro atoms. The fourth-order valence-electron chi connectivity index (χ4n) is 2.07. The van der Waals surface area contributed by atoms with Gasteiger partial charge in [0.05, 0.1) is 14.2 Å². The van der Waals surface area contributed by atoms with Crippen LogP contribution in [-0.2, 0) is 6.54 Å². The summed E-state index contributed by atoms with van der Waals surface area (Å²) in [6, 6.07) is 4.52. The molecule has 1 aliphatic rings. The maximum absolute atomic E-state index is 5.32. The van der Waals surface area contributed by atoms with Gasteiger partial charge in [0.15, 0.2) is 11.5 Å². The van der Waals surface area contributed by atoms with E-state index in [0.29, 0.717) is 6.04 Å². The SMILES string of the molecule is COc1cc(Br)c(CNC2CC=CC2)cc1OC. The van der Waals surface area contributed by atoms with Crippen molar-refractivity contribution in [3.8, 4) is 11.5 Å². The minimum absolute atomic E-state index is 0.560. The fourth-order valence-corrected chi connectivity index (χ4v) is 2.53. The normalized spacial score (nSPS) is 15.1. The molecule has 0 amide bonds. The molecule has 1 aromatic rings. The molecule has 0 saturated heterocycles. The molecule has 4 heteroatoms. The topological polar surface area (TPSA) is 30.5 Å². The van der Waals surface area contributed by atoms with Crippen LogP contribution in [0.2, 0.25) is 0 Å². The number of rotatable bonds is 5. The van der Waals surface area contributed by atoms with Crippen molar-refractivity contribution < 1.29 is 9.47 Å². The van der Waals surface area contributed by atoms with Crippen LogP contribution in [0.5, 0.6) is 11.5 Å². The Kier molecular flexibility index (Phi) is 4.66. The average Bonchev–Trinajstić information content (AvgIpc) is 2.90. The van der Waals surface area contributed by atoms with Crippen LogP contribution in [0.4, 0.5) is 0 Å². The summed E-state index contributed by atoms with van der Waals surface area (Å²) >= 11 is 3.57. The predicted octanol–water partition coefficient (Wildman–Crippen LogP) is 3.27. The monoisotopic (exact) mass is 311 g/mol. The number of hydrogen-bond donors (Lipinski definition) is 1. The Bertz CT molecular complexity index is 438. The quantitative estimate of drug-likeness (QED) is 0.847. The summed E-state index contributed by atoms with van der Waals surface area (Å²) in [7, 11) is 3.30. The van der Waals surface area contributed by atoms with E-state index in [1.165, 1.54) is 5.56 Å². The minimum atomic E-state index is 0.560. The summed E-state index contributed by atoms with van der Waals surface area (Å²) in [5.74, 6) is 1.51. The first kappa shape index (κ1) is 13.4. The van der Waals surface area contributed by atoms with Crippen molar-refractivity contribution in [3.05, 3.63) is 34.3 Å². The molecule has 0 fully saturated rings. The molecule has 0 radical (unpaired) electrons. The lowest BCUT2D eigenvalue weighted by Gasteiger charge is -2.15. The van der Waals surface area contributed by atoms with Gasteiger partial charge in [-0.05, 0) is 30.5 Å². The third kappa shape index (κ3) is 3.06. The van der Waals surface area contributed by atoms with Gasteiger partial charge in [-0.3, -0.25) is 0 Å². The first-order valence-electron chi connectivity index (χ1n) is 6.03. The van der Waals surface area contributed by atoms with Gasteiger partial charge in [-0.1, -0.05) is 28.1 Å². The summed E-state index contributed by atoms with van der Waals surface area (Å²) in [5, 5.41) is 3.54. The lowest BCUT2D eigenvalue weighted by Crippen LogP contribution is -2.25. The van der Waals surface area contributed by atoms with Crippen LogP contribution >= 0.6 is 15.9 Å². The van der Waals surface area contributed by atoms with Crippen molar-refractivity contribution in [2.45, 2.75) is 25.4 Å². The van der Waals surface area contributed by atoms with E-state index in [4.69, 9.17) is 9.47 Å². The molecule has 1 aromatic carbocycles. The molecule has 3 nitrogen and oxygen atoms in total. The third-order valence-corrected chi connectivity index (χ3v) is 3.88. The Balaban J connectivity index is 2.07. The number of benzene rings is 1. The fraction of sp³-hybridized carbons (Fsp3) is 0.429. The molecule has 0 heterocycles. The van der Waals surface area contributed by atoms with E-state index in [0.717, 1.165) is 35.4 Å². The van der Waals surface area contributed by atoms with Crippen LogP contribution in [0, 0.1) is 0 Å². The molecule has 1 aliphatic carbocycles. The van der Waals surface area contributed by atoms with Gasteiger partial charge in [0.2, 0.25) is 0 Å². The lowest BCUT2D eigenvalue weighted by molar-refractivity contribution is 0.354. The highest BCUT2D eigenvalue weighted by Gasteiger charge is 2.12. The summed E-state index contributed by atoms with van der Waals surface area (Å²) in [4.78, 5) is 0. The summed E-state index contributed by atoms with van der Waals surface area (Å²) in [6.07, 6.45) is 6.68. The van der Waals surface area contributed by atoms with Crippen LogP contribution in [0.1, 0.15) is 18.4 Å². The Morgan fingerprint density at radius 3 is 2.39 bits per heavy atom. The van der Waals surface area contributed by atoms with Gasteiger partial charge in [0.25, 0.3) is 0 Å². The number of nitrogens with one attached hydrogen (secondary N) is 1. The number of ether oxygens (including phenoxy) is 2. The summed E-state index contributed by atoms with van der Waals surface area (Å²) < 4.78 is 11.6. The average molecular weight is 312 g/mol. The molecule has 0 unspecified atom stereocenters. The zero-order valence-corrected chi connectivity index (χ0v) is 12.3. The van der Waals surface area contributed by atoms with Gasteiger partial charge < -0.3 is 14.8 Å². The smallest absolute Gasteiger partial charge is 0.161 e. The molecular weight excluding hydrogens is 294 g/mol. The second kappa shape index (κ2) is 6.25. The van der Waals surface area contributed by atoms with E-state index in [2.05, 4.69) is 33.4 Å². The zero-order chi connectivity index (χ0) is 13.0. The molecule has 1 N–H and O–H groups in total. The van der Waals surface area contributed by atoms with Crippen LogP contribution in [0.3, 0.4) is 0 Å². The van der Waals surface area contributed by atoms with Crippen molar-refractivity contribution in [1.29, 1.82) is 0 Å². The van der Waals surface area contributed by atoms with E-state index < -0.39 is 0 Å². The molecule has 98 valence electrons. The van der Waals surface area contributed by atoms with E-state index in [9.17, 15) is 0 Å². The Morgan fingerprint density at radius 1 is 1.17 bits per heavy atom. The van der Waals surface area contributed by atoms with Crippen LogP contribution in [0.25, 0.3) is 0 Å². The maximum atomic E-state index is 5.32. The van der Waals surface area contributed by atoms with Gasteiger partial charge in [0.1, 0.15) is 0 Å². The van der Waals surface area contributed by atoms with Crippen molar-refractivity contribution >= 4 is 15.9 Å². The predicted molar refractivity (Wildman–Crippen MR) is 76.2 cm³/mol. The lowest BCUT2D eigenvalue weighted by atomic mass is 10.1. The summed E-state index contributed by atoms with van der Waals surface area (Å²) in [6.45, 7) is 0.827. The van der Waals surface area contributed by atoms with E-state index >= 15 is 0 Å². The van der Waals surface area contributed by atoms with Gasteiger partial charge >= 0.3 is 0 Å². The van der Waals surface area contributed by atoms with Crippen molar-refractivity contribution in [3.63, 3.8) is 0 Å². The molecule has 0 saturated carbocycles. The highest BCUT2D eigenvalue weighted by atomic mass is 79.9. The number of methoxy groups -OCH3 is 2. The van der Waals surface area contributed by atoms with Crippen molar-refractivity contribution in [2.75, 3.05) is 14.2 Å². The van der Waals surface area contributed by atoms with Gasteiger partial charge in [-0.15, -0.1) is 0 Å². The standard InChI is InChI=1S/C14H18BrNO2/c1-17-13-7-10(12(15)8-14(13)18-2)9-16-11-5-3-4-6-11/h3-4,7-8,11,16H,5-6,9H2,1-2H3. The summed E-state index contributed by atoms with van der Waals surface area (Å²) in [5.41, 5.74) is 1.18. The second-order valence-electron chi connectivity index (χ2n) is 4.32. The zero-order valence-electron chi connectivity index (χ0n) is 10.7. The molecule has 0 aliphatic heterocycles. The molecule has 2 rings (SSSR count). The molecular formula is C14H18BrNO2. The van der Waals surface area contributed by atoms with Crippen LogP contribution < -0.4 is 14.8 Å². The maximum Gasteiger partial charge on any atom is 0.161 e. The first-order chi connectivity index (χ1) is 8.74. The Hall–Kier alpha value is -1.00. The van der Waals surface area contributed by atoms with Crippen molar-refractivity contribution in [2.24, 2.45) is 0 Å². The molecule has 0 bridgehead atoms. The highest BCUT2D eigenvalue weighted by Crippen LogP contribution is 2.33. The van der Waals surface area contributed by atoms with Gasteiger partial charge in [-0.25, -0.2) is 0 Å². The second-order valence-corrected chi connectivity index (χ2v) is 5.17. The molecule has 0 atom stereocenters. The molecule has 18 heavy (non-hydrogen) atoms. The Labute approximate surface area is 116 Å². The first-order valence-corrected chi connectivity index (χ1v) is 6.82. The van der Waals surface area contributed by atoms with E-state index in [1.807, 2.05) is 12.1 Å². The molecule has 0 aromatic heterocycles. The van der Waals surface area contributed by atoms with Crippen LogP contribution in [0.15, 0.2) is 28.8 Å². The third-order valence-electron chi connectivity index (χ3n) is 3.14. The van der Waals surface area contributed by atoms with E-state index in [-0.39, 0.29) is 0 Å². The van der Waals surface area contributed by atoms with Crippen LogP contribution in [-0.4, -0.2) is 20.3 Å².